The summed E-state index contributed by atoms with van der Waals surface area (Å²) in [6.07, 6.45) is -0.0489. The number of hydrogen-bond acceptors (Lipinski definition) is 12. The van der Waals surface area contributed by atoms with Crippen LogP contribution in [0.1, 0.15) is 6.92 Å². The van der Waals surface area contributed by atoms with Gasteiger partial charge in [-0.2, -0.15) is 0 Å². The van der Waals surface area contributed by atoms with Crippen LogP contribution in [0.5, 0.6) is 0 Å². The molecule has 0 aliphatic carbocycles. The van der Waals surface area contributed by atoms with Gasteiger partial charge in [-0.1, -0.05) is 6.58 Å². The third-order valence-electron chi connectivity index (χ3n) is 3.63. The van der Waals surface area contributed by atoms with E-state index in [0.29, 0.717) is 106 Å². The fourth-order valence-electron chi connectivity index (χ4n) is 2.03. The van der Waals surface area contributed by atoms with Crippen LogP contribution in [0, 0.1) is 0 Å². The number of rotatable bonds is 28. The van der Waals surface area contributed by atoms with Gasteiger partial charge in [0.2, 0.25) is 0 Å². The molecule has 0 bridgehead atoms. The van der Waals surface area contributed by atoms with Crippen molar-refractivity contribution in [2.45, 2.75) is 13.2 Å². The van der Waals surface area contributed by atoms with Crippen molar-refractivity contribution in [3.05, 3.63) is 12.7 Å². The zero-order valence-electron chi connectivity index (χ0n) is 21.5. The first-order valence-electron chi connectivity index (χ1n) is 12.0. The van der Waals surface area contributed by atoms with Crippen LogP contribution < -0.4 is 0 Å². The van der Waals surface area contributed by atoms with Crippen LogP contribution in [0.4, 0.5) is 0 Å². The monoisotopic (exact) mass is 530 g/mol. The molecule has 1 atom stereocenters. The van der Waals surface area contributed by atoms with Crippen molar-refractivity contribution in [3.8, 4) is 0 Å². The Morgan fingerprint density at radius 1 is 0.667 bits per heavy atom. The van der Waals surface area contributed by atoms with E-state index in [2.05, 4.69) is 6.58 Å². The Balaban J connectivity index is 0. The lowest BCUT2D eigenvalue weighted by atomic mass is 10.6. The van der Waals surface area contributed by atoms with Crippen molar-refractivity contribution in [2.24, 2.45) is 0 Å². The molecule has 0 saturated heterocycles. The van der Waals surface area contributed by atoms with Crippen LogP contribution >= 0.6 is 0 Å². The average molecular weight is 531 g/mol. The maximum absolute atomic E-state index is 9.28. The van der Waals surface area contributed by atoms with E-state index in [-0.39, 0.29) is 13.2 Å². The third kappa shape index (κ3) is 37.3. The Bertz CT molecular complexity index is 440. The summed E-state index contributed by atoms with van der Waals surface area (Å²) in [7, 11) is 0. The standard InChI is InChI=1S/C20H42O11.C3H4O2/c1-2-31-20(22)19-30-18-17-29-16-15-28-14-13-27-12-11-26-10-9-25-8-7-24-6-5-23-4-3-21;1-2-3(4)5/h20-22H,2-19H2,1H3;2H,1H2,(H,4,5). The Morgan fingerprint density at radius 3 is 1.19 bits per heavy atom. The minimum Gasteiger partial charge on any atom is -0.478 e. The van der Waals surface area contributed by atoms with Crippen molar-refractivity contribution in [1.82, 2.24) is 0 Å². The molecule has 0 aliphatic heterocycles. The molecule has 0 fully saturated rings. The van der Waals surface area contributed by atoms with E-state index in [4.69, 9.17) is 52.8 Å². The largest absolute Gasteiger partial charge is 0.478 e. The van der Waals surface area contributed by atoms with E-state index in [1.54, 1.807) is 0 Å². The molecule has 0 aromatic rings. The maximum atomic E-state index is 9.28. The summed E-state index contributed by atoms with van der Waals surface area (Å²) < 4.78 is 47.4. The van der Waals surface area contributed by atoms with Gasteiger partial charge in [-0.3, -0.25) is 0 Å². The molecule has 13 heteroatoms. The van der Waals surface area contributed by atoms with Crippen molar-refractivity contribution >= 4 is 5.97 Å². The number of hydrogen-bond donors (Lipinski definition) is 3. The smallest absolute Gasteiger partial charge is 0.327 e. The topological polar surface area (TPSA) is 161 Å². The lowest BCUT2D eigenvalue weighted by Gasteiger charge is -2.11. The van der Waals surface area contributed by atoms with Crippen molar-refractivity contribution in [1.29, 1.82) is 0 Å². The molecule has 0 heterocycles. The number of carboxylic acid groups (broad SMARTS) is 1. The number of ether oxygens (including phenoxy) is 9. The summed E-state index contributed by atoms with van der Waals surface area (Å²) in [5, 5.41) is 25.4. The van der Waals surface area contributed by atoms with Crippen LogP contribution in [0.25, 0.3) is 0 Å². The molecule has 3 N–H and O–H groups in total. The number of aliphatic carboxylic acids is 1. The molecule has 0 aliphatic rings. The second-order valence-corrected chi connectivity index (χ2v) is 6.54. The minimum atomic E-state index is -0.981. The van der Waals surface area contributed by atoms with Gasteiger partial charge in [-0.15, -0.1) is 0 Å². The summed E-state index contributed by atoms with van der Waals surface area (Å²) >= 11 is 0. The van der Waals surface area contributed by atoms with Gasteiger partial charge in [-0.05, 0) is 6.92 Å². The highest BCUT2D eigenvalue weighted by Gasteiger charge is 2.01. The molecule has 216 valence electrons. The molecule has 0 amide bonds. The van der Waals surface area contributed by atoms with E-state index in [9.17, 15) is 9.90 Å². The second kappa shape index (κ2) is 33.8. The lowest BCUT2D eigenvalue weighted by Crippen LogP contribution is -2.20. The van der Waals surface area contributed by atoms with Crippen LogP contribution in [-0.4, -0.2) is 147 Å². The van der Waals surface area contributed by atoms with Crippen LogP contribution in [0.15, 0.2) is 12.7 Å². The Morgan fingerprint density at radius 2 is 0.944 bits per heavy atom. The summed E-state index contributed by atoms with van der Waals surface area (Å²) in [5.74, 6) is -0.981. The first kappa shape index (κ1) is 36.9. The highest BCUT2D eigenvalue weighted by Crippen LogP contribution is 1.89. The van der Waals surface area contributed by atoms with Crippen LogP contribution in [0.3, 0.4) is 0 Å². The maximum Gasteiger partial charge on any atom is 0.327 e. The predicted molar refractivity (Wildman–Crippen MR) is 129 cm³/mol. The molecule has 36 heavy (non-hydrogen) atoms. The zero-order chi connectivity index (χ0) is 27.0. The average Bonchev–Trinajstić information content (AvgIpc) is 2.87. The van der Waals surface area contributed by atoms with E-state index in [1.807, 2.05) is 6.92 Å². The Hall–Kier alpha value is -1.23. The number of carbonyl (C=O) groups is 1. The van der Waals surface area contributed by atoms with E-state index in [0.717, 1.165) is 6.08 Å². The van der Waals surface area contributed by atoms with Gasteiger partial charge in [0, 0.05) is 12.7 Å². The number of aliphatic hydroxyl groups is 2. The molecule has 0 aromatic heterocycles. The normalized spacial score (nSPS) is 11.6. The van der Waals surface area contributed by atoms with Crippen LogP contribution in [0.2, 0.25) is 0 Å². The highest BCUT2D eigenvalue weighted by atomic mass is 16.6. The van der Waals surface area contributed by atoms with Gasteiger partial charge in [0.05, 0.1) is 112 Å². The Labute approximate surface area is 214 Å². The SMILES string of the molecule is C=CC(=O)O.CCOC(O)COCCOCCOCCOCCOCCOCCOCCOCCO. The van der Waals surface area contributed by atoms with Gasteiger partial charge < -0.3 is 58.0 Å². The van der Waals surface area contributed by atoms with Gasteiger partial charge in [0.25, 0.3) is 0 Å². The molecule has 0 rings (SSSR count). The number of aliphatic hydroxyl groups excluding tert-OH is 2. The quantitative estimate of drug-likeness (QED) is 0.0689. The molecule has 13 nitrogen and oxygen atoms in total. The molecule has 0 saturated carbocycles. The van der Waals surface area contributed by atoms with E-state index >= 15 is 0 Å². The second-order valence-electron chi connectivity index (χ2n) is 6.54. The first-order valence-corrected chi connectivity index (χ1v) is 12.0. The van der Waals surface area contributed by atoms with Crippen molar-refractivity contribution in [3.63, 3.8) is 0 Å². The van der Waals surface area contributed by atoms with Crippen molar-refractivity contribution in [2.75, 3.05) is 119 Å². The van der Waals surface area contributed by atoms with Gasteiger partial charge in [-0.25, -0.2) is 4.79 Å². The number of carboxylic acids is 1. The van der Waals surface area contributed by atoms with Crippen molar-refractivity contribution < 1.29 is 62.7 Å². The summed E-state index contributed by atoms with van der Waals surface area (Å²) in [4.78, 5) is 9.25. The molecular weight excluding hydrogens is 484 g/mol. The first-order chi connectivity index (χ1) is 17.6. The molecule has 0 spiro atoms. The lowest BCUT2D eigenvalue weighted by molar-refractivity contribution is -0.138. The highest BCUT2D eigenvalue weighted by molar-refractivity contribution is 5.78. The summed E-state index contributed by atoms with van der Waals surface area (Å²) in [5.41, 5.74) is 0. The van der Waals surface area contributed by atoms with E-state index < -0.39 is 12.3 Å². The predicted octanol–water partition coefficient (Wildman–Crippen LogP) is -0.277. The summed E-state index contributed by atoms with van der Waals surface area (Å²) in [6, 6.07) is 0. The fourth-order valence-corrected chi connectivity index (χ4v) is 2.03. The molecule has 0 aromatic carbocycles. The van der Waals surface area contributed by atoms with Gasteiger partial charge in [0.15, 0.2) is 6.29 Å². The minimum absolute atomic E-state index is 0.0263. The Kier molecular flexibility index (Phi) is 34.6. The zero-order valence-corrected chi connectivity index (χ0v) is 21.5. The molecule has 0 radical (unpaired) electrons. The van der Waals surface area contributed by atoms with Gasteiger partial charge >= 0.3 is 5.97 Å². The third-order valence-corrected chi connectivity index (χ3v) is 3.63. The fraction of sp³-hybridized carbons (Fsp3) is 0.870. The summed E-state index contributed by atoms with van der Waals surface area (Å²) in [6.45, 7) is 12.5. The van der Waals surface area contributed by atoms with Gasteiger partial charge in [0.1, 0.15) is 0 Å². The molecule has 1 unspecified atom stereocenters. The van der Waals surface area contributed by atoms with E-state index in [1.165, 1.54) is 0 Å². The van der Waals surface area contributed by atoms with Crippen LogP contribution in [-0.2, 0) is 47.4 Å². The molecular formula is C23H46O13.